The van der Waals surface area contributed by atoms with Crippen LogP contribution in [-0.4, -0.2) is 35.0 Å². The van der Waals surface area contributed by atoms with Crippen LogP contribution in [0.5, 0.6) is 0 Å². The molecule has 0 spiro atoms. The highest BCUT2D eigenvalue weighted by molar-refractivity contribution is 8.00. The molecule has 0 aromatic carbocycles. The number of hydrogen-bond acceptors (Lipinski definition) is 3. The summed E-state index contributed by atoms with van der Waals surface area (Å²) in [5.41, 5.74) is 0. The van der Waals surface area contributed by atoms with Crippen molar-refractivity contribution in [3.05, 3.63) is 0 Å². The van der Waals surface area contributed by atoms with E-state index in [4.69, 9.17) is 0 Å². The topological polar surface area (TPSA) is 29.1 Å². The fourth-order valence-corrected chi connectivity index (χ4v) is 2.66. The zero-order chi connectivity index (χ0) is 9.68. The Morgan fingerprint density at radius 2 is 2.15 bits per heavy atom. The summed E-state index contributed by atoms with van der Waals surface area (Å²) in [6.07, 6.45) is 4.25. The summed E-state index contributed by atoms with van der Waals surface area (Å²) >= 11 is 3.59. The molecule has 13 heavy (non-hydrogen) atoms. The smallest absolute Gasteiger partial charge is 0.233 e. The van der Waals surface area contributed by atoms with E-state index in [0.717, 1.165) is 12.8 Å². The van der Waals surface area contributed by atoms with Gasteiger partial charge in [0.05, 0.1) is 5.25 Å². The molecular formula is C9H17NOS2. The molecule has 0 saturated carbocycles. The first-order chi connectivity index (χ1) is 6.24. The fourth-order valence-electron chi connectivity index (χ4n) is 1.27. The molecule has 1 aliphatic heterocycles. The molecule has 0 aliphatic carbocycles. The lowest BCUT2D eigenvalue weighted by atomic mass is 10.1. The third kappa shape index (κ3) is 3.81. The van der Waals surface area contributed by atoms with Crippen molar-refractivity contribution in [2.75, 3.05) is 17.8 Å². The number of thioether (sulfide) groups is 2. The van der Waals surface area contributed by atoms with Crippen molar-refractivity contribution in [3.63, 3.8) is 0 Å². The van der Waals surface area contributed by atoms with Crippen molar-refractivity contribution < 1.29 is 4.79 Å². The lowest BCUT2D eigenvalue weighted by Crippen LogP contribution is -2.41. The number of nitrogens with one attached hydrogen (secondary N) is 1. The molecule has 1 amide bonds. The van der Waals surface area contributed by atoms with E-state index in [-0.39, 0.29) is 11.2 Å². The number of carbonyl (C=O) groups excluding carboxylic acids is 1. The first-order valence-corrected chi connectivity index (χ1v) is 7.09. The van der Waals surface area contributed by atoms with Gasteiger partial charge in [0.1, 0.15) is 0 Å². The van der Waals surface area contributed by atoms with Gasteiger partial charge in [-0.25, -0.2) is 0 Å². The lowest BCUT2D eigenvalue weighted by Gasteiger charge is -2.23. The van der Waals surface area contributed by atoms with Gasteiger partial charge in [-0.05, 0) is 37.5 Å². The molecule has 1 saturated heterocycles. The summed E-state index contributed by atoms with van der Waals surface area (Å²) in [7, 11) is 0. The third-order valence-corrected chi connectivity index (χ3v) is 4.26. The molecular weight excluding hydrogens is 202 g/mol. The van der Waals surface area contributed by atoms with Crippen molar-refractivity contribution in [2.45, 2.75) is 31.1 Å². The van der Waals surface area contributed by atoms with Gasteiger partial charge in [-0.15, -0.1) is 0 Å². The second-order valence-corrected chi connectivity index (χ2v) is 5.68. The summed E-state index contributed by atoms with van der Waals surface area (Å²) < 4.78 is 0. The van der Waals surface area contributed by atoms with Crippen LogP contribution in [0.15, 0.2) is 0 Å². The lowest BCUT2D eigenvalue weighted by molar-refractivity contribution is -0.121. The largest absolute Gasteiger partial charge is 0.352 e. The Balaban J connectivity index is 2.26. The Kier molecular flexibility index (Phi) is 5.02. The standard InChI is InChI=1S/C9H17NOS2/c1-7(12-2)9(11)10-8-3-5-13-6-4-8/h7-8H,3-6H2,1-2H3,(H,10,11). The molecule has 1 atom stereocenters. The minimum atomic E-state index is 0.0922. The van der Waals surface area contributed by atoms with Gasteiger partial charge in [0.15, 0.2) is 0 Å². The molecule has 1 aliphatic rings. The van der Waals surface area contributed by atoms with Crippen LogP contribution in [0.4, 0.5) is 0 Å². The van der Waals surface area contributed by atoms with E-state index in [9.17, 15) is 4.79 Å². The normalized spacial score (nSPS) is 21.1. The van der Waals surface area contributed by atoms with Gasteiger partial charge in [0.2, 0.25) is 5.91 Å². The molecule has 4 heteroatoms. The highest BCUT2D eigenvalue weighted by Crippen LogP contribution is 2.17. The van der Waals surface area contributed by atoms with E-state index in [2.05, 4.69) is 5.32 Å². The Labute approximate surface area is 88.6 Å². The third-order valence-electron chi connectivity index (χ3n) is 2.29. The van der Waals surface area contributed by atoms with E-state index in [1.54, 1.807) is 11.8 Å². The van der Waals surface area contributed by atoms with E-state index in [1.165, 1.54) is 11.5 Å². The maximum atomic E-state index is 11.5. The minimum absolute atomic E-state index is 0.0922. The van der Waals surface area contributed by atoms with E-state index < -0.39 is 0 Å². The van der Waals surface area contributed by atoms with Gasteiger partial charge in [-0.3, -0.25) is 4.79 Å². The summed E-state index contributed by atoms with van der Waals surface area (Å²) in [6.45, 7) is 1.96. The van der Waals surface area contributed by atoms with Gasteiger partial charge < -0.3 is 5.32 Å². The second kappa shape index (κ2) is 5.81. The summed E-state index contributed by atoms with van der Waals surface area (Å²) in [5.74, 6) is 2.58. The Morgan fingerprint density at radius 1 is 1.54 bits per heavy atom. The number of carbonyl (C=O) groups is 1. The van der Waals surface area contributed by atoms with Crippen LogP contribution >= 0.6 is 23.5 Å². The Hall–Kier alpha value is 0.170. The molecule has 0 radical (unpaired) electrons. The second-order valence-electron chi connectivity index (χ2n) is 3.27. The predicted molar refractivity (Wildman–Crippen MR) is 61.5 cm³/mol. The molecule has 2 nitrogen and oxygen atoms in total. The van der Waals surface area contributed by atoms with Crippen LogP contribution < -0.4 is 5.32 Å². The number of hydrogen-bond donors (Lipinski definition) is 1. The molecule has 1 fully saturated rings. The van der Waals surface area contributed by atoms with Gasteiger partial charge in [-0.1, -0.05) is 0 Å². The maximum Gasteiger partial charge on any atom is 0.233 e. The molecule has 0 aromatic heterocycles. The van der Waals surface area contributed by atoms with E-state index >= 15 is 0 Å². The molecule has 0 bridgehead atoms. The average molecular weight is 219 g/mol. The summed E-state index contributed by atoms with van der Waals surface area (Å²) in [5, 5.41) is 3.19. The molecule has 1 unspecified atom stereocenters. The van der Waals surface area contributed by atoms with Crippen LogP contribution in [0.3, 0.4) is 0 Å². The fraction of sp³-hybridized carbons (Fsp3) is 0.889. The highest BCUT2D eigenvalue weighted by Gasteiger charge is 2.18. The molecule has 1 heterocycles. The van der Waals surface area contributed by atoms with E-state index in [1.807, 2.05) is 24.9 Å². The van der Waals surface area contributed by atoms with Crippen molar-refractivity contribution in [3.8, 4) is 0 Å². The average Bonchev–Trinajstić information content (AvgIpc) is 2.18. The van der Waals surface area contributed by atoms with Crippen molar-refractivity contribution in [2.24, 2.45) is 0 Å². The van der Waals surface area contributed by atoms with Gasteiger partial charge in [-0.2, -0.15) is 23.5 Å². The monoisotopic (exact) mass is 219 g/mol. The van der Waals surface area contributed by atoms with Crippen LogP contribution in [0.2, 0.25) is 0 Å². The number of rotatable bonds is 3. The Bertz CT molecular complexity index is 169. The zero-order valence-electron chi connectivity index (χ0n) is 8.21. The Morgan fingerprint density at radius 3 is 2.69 bits per heavy atom. The van der Waals surface area contributed by atoms with Crippen LogP contribution in [0.1, 0.15) is 19.8 Å². The first-order valence-electron chi connectivity index (χ1n) is 4.65. The summed E-state index contributed by atoms with van der Waals surface area (Å²) in [4.78, 5) is 11.5. The van der Waals surface area contributed by atoms with Gasteiger partial charge in [0.25, 0.3) is 0 Å². The molecule has 1 N–H and O–H groups in total. The number of amides is 1. The minimum Gasteiger partial charge on any atom is -0.352 e. The molecule has 76 valence electrons. The predicted octanol–water partition coefficient (Wildman–Crippen LogP) is 1.75. The first kappa shape index (κ1) is 11.2. The van der Waals surface area contributed by atoms with Crippen molar-refractivity contribution in [1.29, 1.82) is 0 Å². The van der Waals surface area contributed by atoms with Crippen molar-refractivity contribution >= 4 is 29.4 Å². The quantitative estimate of drug-likeness (QED) is 0.784. The maximum absolute atomic E-state index is 11.5. The highest BCUT2D eigenvalue weighted by atomic mass is 32.2. The SMILES string of the molecule is CSC(C)C(=O)NC1CCSCC1. The van der Waals surface area contributed by atoms with Crippen molar-refractivity contribution in [1.82, 2.24) is 5.32 Å². The summed E-state index contributed by atoms with van der Waals surface area (Å²) in [6, 6.07) is 0.434. The van der Waals surface area contributed by atoms with Gasteiger partial charge >= 0.3 is 0 Å². The van der Waals surface area contributed by atoms with E-state index in [0.29, 0.717) is 6.04 Å². The van der Waals surface area contributed by atoms with Crippen LogP contribution in [0.25, 0.3) is 0 Å². The van der Waals surface area contributed by atoms with Crippen LogP contribution in [-0.2, 0) is 4.79 Å². The molecule has 1 rings (SSSR count). The van der Waals surface area contributed by atoms with Gasteiger partial charge in [0, 0.05) is 6.04 Å². The van der Waals surface area contributed by atoms with Crippen LogP contribution in [0, 0.1) is 0 Å². The zero-order valence-corrected chi connectivity index (χ0v) is 9.84. The molecule has 0 aromatic rings.